The molecule has 2 N–H and O–H groups in total. The summed E-state index contributed by atoms with van der Waals surface area (Å²) in [4.78, 5) is 4.47. The number of fused-ring (bicyclic) bond motifs is 1. The average Bonchev–Trinajstić information content (AvgIpc) is 3.51. The predicted octanol–water partition coefficient (Wildman–Crippen LogP) is 6.22. The summed E-state index contributed by atoms with van der Waals surface area (Å²) < 4.78 is 21.8. The van der Waals surface area contributed by atoms with E-state index in [1.165, 1.54) is 6.07 Å². The molecule has 172 valence electrons. The number of nitrogens with one attached hydrogen (secondary N) is 2. The summed E-state index contributed by atoms with van der Waals surface area (Å²) in [6.45, 7) is 10.0. The van der Waals surface area contributed by atoms with E-state index in [0.717, 1.165) is 37.1 Å². The van der Waals surface area contributed by atoms with Crippen molar-refractivity contribution in [3.8, 4) is 16.9 Å². The summed E-state index contributed by atoms with van der Waals surface area (Å²) in [5, 5.41) is 11.1. The zero-order valence-electron chi connectivity index (χ0n) is 19.0. The molecule has 2 aromatic heterocycles. The van der Waals surface area contributed by atoms with Gasteiger partial charge >= 0.3 is 0 Å². The maximum Gasteiger partial charge on any atom is 0.199 e. The molecule has 0 unspecified atom stereocenters. The quantitative estimate of drug-likeness (QED) is 0.487. The van der Waals surface area contributed by atoms with Gasteiger partial charge in [0.2, 0.25) is 0 Å². The van der Waals surface area contributed by atoms with Gasteiger partial charge in [-0.3, -0.25) is 4.68 Å². The van der Waals surface area contributed by atoms with Crippen LogP contribution in [0, 0.1) is 5.82 Å². The van der Waals surface area contributed by atoms with Crippen LogP contribution in [0.1, 0.15) is 58.4 Å². The van der Waals surface area contributed by atoms with Crippen LogP contribution >= 0.6 is 11.6 Å². The van der Waals surface area contributed by atoms with Crippen LogP contribution in [0.4, 0.5) is 10.2 Å². The molecule has 1 fully saturated rings. The monoisotopic (exact) mass is 459 g/mol. The Morgan fingerprint density at radius 2 is 1.84 bits per heavy atom. The van der Waals surface area contributed by atoms with Gasteiger partial charge in [-0.2, -0.15) is 5.10 Å². The lowest BCUT2D eigenvalue weighted by molar-refractivity contribution is 0.259. The highest BCUT2D eigenvalue weighted by molar-refractivity contribution is 6.31. The van der Waals surface area contributed by atoms with Crippen molar-refractivity contribution in [1.29, 1.82) is 0 Å². The molecule has 3 aromatic rings. The highest BCUT2D eigenvalue weighted by Gasteiger charge is 2.28. The van der Waals surface area contributed by atoms with Crippen molar-refractivity contribution in [3.63, 3.8) is 0 Å². The van der Waals surface area contributed by atoms with Gasteiger partial charge in [-0.05, 0) is 38.1 Å². The molecule has 0 amide bonds. The van der Waals surface area contributed by atoms with Gasteiger partial charge in [0.25, 0.3) is 0 Å². The zero-order chi connectivity index (χ0) is 23.1. The molecule has 5 rings (SSSR count). The number of nitrogens with zero attached hydrogens (tertiary/aromatic N) is 3. The van der Waals surface area contributed by atoms with Gasteiger partial charge in [-0.1, -0.05) is 51.4 Å². The topological polar surface area (TPSA) is 64.0 Å². The van der Waals surface area contributed by atoms with Crippen LogP contribution in [0.15, 0.2) is 42.9 Å². The Morgan fingerprint density at radius 3 is 2.59 bits per heavy atom. The third kappa shape index (κ3) is 5.05. The standard InChI is InChI=1S/C20H19ClFN5O.2C2H6/c21-18-15(2-1-3-16(18)22)20-26-19-17(28-20)8-12(9-24-19)13-10-25-27(11-13)14-4-6-23-7-5-14;2*1-2/h1-3,8-11,14,20,23H,4-7H2,(H,24,26);2*1-2H3/t20-;;/m0../s1. The Bertz CT molecular complexity index is 1020. The van der Waals surface area contributed by atoms with Crippen molar-refractivity contribution < 1.29 is 9.13 Å². The molecule has 0 saturated carbocycles. The Hall–Kier alpha value is -2.64. The van der Waals surface area contributed by atoms with Crippen molar-refractivity contribution in [3.05, 3.63) is 59.3 Å². The highest BCUT2D eigenvalue weighted by atomic mass is 35.5. The molecule has 0 bridgehead atoms. The van der Waals surface area contributed by atoms with Crippen molar-refractivity contribution in [2.45, 2.75) is 52.8 Å². The van der Waals surface area contributed by atoms with E-state index in [-0.39, 0.29) is 5.02 Å². The van der Waals surface area contributed by atoms with Crippen LogP contribution in [0.3, 0.4) is 0 Å². The van der Waals surface area contributed by atoms with E-state index in [4.69, 9.17) is 16.3 Å². The summed E-state index contributed by atoms with van der Waals surface area (Å²) in [5.74, 6) is 0.747. The molecule has 1 atom stereocenters. The molecular weight excluding hydrogens is 429 g/mol. The number of piperidine rings is 1. The van der Waals surface area contributed by atoms with Gasteiger partial charge in [-0.25, -0.2) is 9.37 Å². The summed E-state index contributed by atoms with van der Waals surface area (Å²) in [5.41, 5.74) is 2.45. The summed E-state index contributed by atoms with van der Waals surface area (Å²) in [7, 11) is 0. The molecule has 1 saturated heterocycles. The number of aromatic nitrogens is 3. The van der Waals surface area contributed by atoms with E-state index < -0.39 is 12.0 Å². The normalized spacial score (nSPS) is 17.1. The average molecular weight is 460 g/mol. The van der Waals surface area contributed by atoms with Crippen molar-refractivity contribution in [1.82, 2.24) is 20.1 Å². The highest BCUT2D eigenvalue weighted by Crippen LogP contribution is 2.40. The second-order valence-electron chi connectivity index (χ2n) is 7.05. The second-order valence-corrected chi connectivity index (χ2v) is 7.42. The third-order valence-corrected chi connectivity index (χ3v) is 5.65. The number of rotatable bonds is 3. The van der Waals surface area contributed by atoms with Crippen molar-refractivity contribution in [2.75, 3.05) is 18.4 Å². The molecule has 4 heterocycles. The maximum absolute atomic E-state index is 13.8. The number of anilines is 1. The SMILES string of the molecule is CC.CC.Fc1cccc([C@H]2Nc3ncc(-c4cnn(C5CCNCC5)c4)cc3O2)c1Cl. The number of hydrogen-bond acceptors (Lipinski definition) is 5. The molecule has 2 aliphatic heterocycles. The molecule has 2 aliphatic rings. The van der Waals surface area contributed by atoms with E-state index in [9.17, 15) is 4.39 Å². The molecule has 8 heteroatoms. The molecule has 1 aromatic carbocycles. The van der Waals surface area contributed by atoms with Crippen LogP contribution in [-0.2, 0) is 0 Å². The molecule has 32 heavy (non-hydrogen) atoms. The minimum absolute atomic E-state index is 0.0521. The van der Waals surface area contributed by atoms with Crippen LogP contribution in [-0.4, -0.2) is 27.9 Å². The van der Waals surface area contributed by atoms with Gasteiger partial charge < -0.3 is 15.4 Å². The Morgan fingerprint density at radius 1 is 1.09 bits per heavy atom. The lowest BCUT2D eigenvalue weighted by Gasteiger charge is -2.22. The summed E-state index contributed by atoms with van der Waals surface area (Å²) >= 11 is 6.09. The van der Waals surface area contributed by atoms with Crippen molar-refractivity contribution >= 4 is 17.4 Å². The number of hydrogen-bond donors (Lipinski definition) is 2. The molecule has 6 nitrogen and oxygen atoms in total. The lowest BCUT2D eigenvalue weighted by atomic mass is 10.1. The minimum Gasteiger partial charge on any atom is -0.462 e. The fourth-order valence-electron chi connectivity index (χ4n) is 3.70. The fraction of sp³-hybridized carbons (Fsp3) is 0.417. The Labute approximate surface area is 194 Å². The van der Waals surface area contributed by atoms with Crippen molar-refractivity contribution in [2.24, 2.45) is 0 Å². The minimum atomic E-state index is -0.571. The fourth-order valence-corrected chi connectivity index (χ4v) is 3.93. The van der Waals surface area contributed by atoms with Gasteiger partial charge in [0.05, 0.1) is 17.3 Å². The molecule has 0 aliphatic carbocycles. The maximum atomic E-state index is 13.8. The van der Waals surface area contributed by atoms with Gasteiger partial charge in [0, 0.05) is 29.1 Å². The van der Waals surface area contributed by atoms with E-state index in [1.54, 1.807) is 18.3 Å². The van der Waals surface area contributed by atoms with E-state index in [1.807, 2.05) is 44.6 Å². The van der Waals surface area contributed by atoms with Crippen LogP contribution in [0.25, 0.3) is 11.1 Å². The van der Waals surface area contributed by atoms with Gasteiger partial charge in [0.15, 0.2) is 17.8 Å². The smallest absolute Gasteiger partial charge is 0.199 e. The molecule has 0 spiro atoms. The predicted molar refractivity (Wildman–Crippen MR) is 128 cm³/mol. The lowest BCUT2D eigenvalue weighted by Crippen LogP contribution is -2.29. The Kier molecular flexibility index (Phi) is 8.47. The zero-order valence-corrected chi connectivity index (χ0v) is 19.8. The number of halogens is 2. The molecule has 0 radical (unpaired) electrons. The number of ether oxygens (including phenoxy) is 1. The van der Waals surface area contributed by atoms with Gasteiger partial charge in [0.1, 0.15) is 5.82 Å². The first kappa shape index (κ1) is 24.0. The van der Waals surface area contributed by atoms with Crippen LogP contribution in [0.2, 0.25) is 5.02 Å². The van der Waals surface area contributed by atoms with E-state index in [2.05, 4.69) is 26.9 Å². The first-order chi connectivity index (χ1) is 15.7. The van der Waals surface area contributed by atoms with E-state index >= 15 is 0 Å². The first-order valence-electron chi connectivity index (χ1n) is 11.3. The largest absolute Gasteiger partial charge is 0.462 e. The third-order valence-electron chi connectivity index (χ3n) is 5.25. The van der Waals surface area contributed by atoms with Crippen LogP contribution < -0.4 is 15.4 Å². The second kappa shape index (κ2) is 11.3. The Balaban J connectivity index is 0.000000686. The summed E-state index contributed by atoms with van der Waals surface area (Å²) in [6.07, 6.45) is 7.28. The first-order valence-corrected chi connectivity index (χ1v) is 11.7. The van der Waals surface area contributed by atoms with Gasteiger partial charge in [-0.15, -0.1) is 0 Å². The summed E-state index contributed by atoms with van der Waals surface area (Å²) in [6, 6.07) is 7.02. The van der Waals surface area contributed by atoms with Crippen LogP contribution in [0.5, 0.6) is 5.75 Å². The molecular formula is C24H31ClFN5O. The number of benzene rings is 1. The van der Waals surface area contributed by atoms with E-state index in [0.29, 0.717) is 23.2 Å². The number of pyridine rings is 1.